The van der Waals surface area contributed by atoms with E-state index in [0.29, 0.717) is 29.0 Å². The van der Waals surface area contributed by atoms with E-state index in [1.165, 1.54) is 0 Å². The molecule has 1 N–H and O–H groups in total. The third kappa shape index (κ3) is 5.86. The molecular weight excluding hydrogens is 457 g/mol. The van der Waals surface area contributed by atoms with Gasteiger partial charge in [-0.05, 0) is 31.2 Å². The first-order valence-corrected chi connectivity index (χ1v) is 10.7. The molecular formula is C22H21F3N4O3S. The minimum Gasteiger partial charge on any atom is -0.497 e. The fraction of sp³-hybridized carbons (Fsp3) is 0.227. The van der Waals surface area contributed by atoms with Crippen LogP contribution >= 0.6 is 11.8 Å². The van der Waals surface area contributed by atoms with Crippen LogP contribution in [0.15, 0.2) is 54.2 Å². The number of hydrogen-bond donors (Lipinski definition) is 1. The number of nitrogens with zero attached hydrogens (tertiary/aromatic N) is 3. The Balaban J connectivity index is 1.69. The van der Waals surface area contributed by atoms with Crippen LogP contribution in [0.4, 0.5) is 18.9 Å². The van der Waals surface area contributed by atoms with Gasteiger partial charge in [0.15, 0.2) is 34.5 Å². The number of halogens is 3. The van der Waals surface area contributed by atoms with Crippen LogP contribution in [0.25, 0.3) is 0 Å². The Labute approximate surface area is 192 Å². The predicted molar refractivity (Wildman–Crippen MR) is 118 cm³/mol. The molecule has 7 nitrogen and oxygen atoms in total. The number of amides is 1. The van der Waals surface area contributed by atoms with Gasteiger partial charge in [0.2, 0.25) is 5.91 Å². The van der Waals surface area contributed by atoms with Crippen molar-refractivity contribution in [2.45, 2.75) is 24.7 Å². The van der Waals surface area contributed by atoms with Crippen LogP contribution in [-0.4, -0.2) is 33.5 Å². The largest absolute Gasteiger partial charge is 0.497 e. The van der Waals surface area contributed by atoms with Crippen LogP contribution in [0.3, 0.4) is 0 Å². The van der Waals surface area contributed by atoms with Gasteiger partial charge in [-0.15, -0.1) is 16.8 Å². The van der Waals surface area contributed by atoms with Crippen LogP contribution in [0, 0.1) is 17.5 Å². The summed E-state index contributed by atoms with van der Waals surface area (Å²) in [6, 6.07) is 8.80. The van der Waals surface area contributed by atoms with Crippen molar-refractivity contribution < 1.29 is 27.4 Å². The molecule has 0 bridgehead atoms. The maximum atomic E-state index is 13.8. The zero-order valence-electron chi connectivity index (χ0n) is 17.8. The second-order valence-electron chi connectivity index (χ2n) is 6.74. The lowest BCUT2D eigenvalue weighted by Crippen LogP contribution is -2.17. The van der Waals surface area contributed by atoms with Gasteiger partial charge in [-0.3, -0.25) is 9.36 Å². The molecule has 1 unspecified atom stereocenters. The highest BCUT2D eigenvalue weighted by molar-refractivity contribution is 7.99. The van der Waals surface area contributed by atoms with E-state index in [2.05, 4.69) is 22.1 Å². The molecule has 1 atom stereocenters. The van der Waals surface area contributed by atoms with Crippen molar-refractivity contribution >= 4 is 23.4 Å². The Hall–Kier alpha value is -3.47. The summed E-state index contributed by atoms with van der Waals surface area (Å²) in [6.07, 6.45) is 1.16. The predicted octanol–water partition coefficient (Wildman–Crippen LogP) is 4.76. The molecule has 2 aromatic carbocycles. The fourth-order valence-electron chi connectivity index (χ4n) is 2.88. The molecule has 1 amide bonds. The van der Waals surface area contributed by atoms with Gasteiger partial charge in [-0.1, -0.05) is 23.9 Å². The molecule has 174 valence electrons. The molecule has 1 aromatic heterocycles. The SMILES string of the molecule is C=CCn1c(SCC(=O)Nc2ccc(F)c(F)c2F)nnc1C(C)Oc1cccc(OC)c1. The summed E-state index contributed by atoms with van der Waals surface area (Å²) in [5.41, 5.74) is -0.451. The fourth-order valence-corrected chi connectivity index (χ4v) is 3.63. The number of carbonyl (C=O) groups is 1. The molecule has 3 aromatic rings. The normalized spacial score (nSPS) is 11.7. The van der Waals surface area contributed by atoms with Gasteiger partial charge >= 0.3 is 0 Å². The van der Waals surface area contributed by atoms with Gasteiger partial charge in [0.25, 0.3) is 0 Å². The first kappa shape index (κ1) is 24.2. The van der Waals surface area contributed by atoms with Crippen molar-refractivity contribution in [3.05, 3.63) is 72.3 Å². The van der Waals surface area contributed by atoms with Crippen LogP contribution in [0.5, 0.6) is 11.5 Å². The summed E-state index contributed by atoms with van der Waals surface area (Å²) in [7, 11) is 1.56. The average Bonchev–Trinajstić information content (AvgIpc) is 3.21. The highest BCUT2D eigenvalue weighted by Crippen LogP contribution is 2.27. The van der Waals surface area contributed by atoms with E-state index in [4.69, 9.17) is 9.47 Å². The van der Waals surface area contributed by atoms with Gasteiger partial charge < -0.3 is 14.8 Å². The van der Waals surface area contributed by atoms with Crippen LogP contribution < -0.4 is 14.8 Å². The molecule has 0 saturated heterocycles. The number of ether oxygens (including phenoxy) is 2. The number of aromatic nitrogens is 3. The molecule has 0 aliphatic rings. The number of anilines is 1. The first-order chi connectivity index (χ1) is 15.8. The molecule has 0 aliphatic carbocycles. The highest BCUT2D eigenvalue weighted by Gasteiger charge is 2.21. The number of rotatable bonds is 10. The van der Waals surface area contributed by atoms with E-state index >= 15 is 0 Å². The molecule has 33 heavy (non-hydrogen) atoms. The second kappa shape index (κ2) is 10.9. The van der Waals surface area contributed by atoms with Crippen molar-refractivity contribution in [3.63, 3.8) is 0 Å². The van der Waals surface area contributed by atoms with Crippen LogP contribution in [-0.2, 0) is 11.3 Å². The summed E-state index contributed by atoms with van der Waals surface area (Å²) in [5.74, 6) is -3.51. The van der Waals surface area contributed by atoms with E-state index in [9.17, 15) is 18.0 Å². The molecule has 1 heterocycles. The molecule has 3 rings (SSSR count). The number of methoxy groups -OCH3 is 1. The summed E-state index contributed by atoms with van der Waals surface area (Å²) in [6.45, 7) is 5.89. The second-order valence-corrected chi connectivity index (χ2v) is 7.68. The lowest BCUT2D eigenvalue weighted by Gasteiger charge is -2.16. The minimum atomic E-state index is -1.65. The number of benzene rings is 2. The third-order valence-corrected chi connectivity index (χ3v) is 5.38. The molecule has 0 aliphatic heterocycles. The maximum Gasteiger partial charge on any atom is 0.234 e. The van der Waals surface area contributed by atoms with E-state index in [-0.39, 0.29) is 5.75 Å². The lowest BCUT2D eigenvalue weighted by molar-refractivity contribution is -0.113. The Morgan fingerprint density at radius 3 is 2.70 bits per heavy atom. The van der Waals surface area contributed by atoms with Crippen LogP contribution in [0.2, 0.25) is 0 Å². The van der Waals surface area contributed by atoms with Gasteiger partial charge in [0.05, 0.1) is 18.6 Å². The number of allylic oxidation sites excluding steroid dienone is 1. The summed E-state index contributed by atoms with van der Waals surface area (Å²) >= 11 is 1.04. The Bertz CT molecular complexity index is 1160. The van der Waals surface area contributed by atoms with Crippen molar-refractivity contribution in [3.8, 4) is 11.5 Å². The first-order valence-electron chi connectivity index (χ1n) is 9.74. The minimum absolute atomic E-state index is 0.168. The topological polar surface area (TPSA) is 78.3 Å². The van der Waals surface area contributed by atoms with Gasteiger partial charge in [-0.2, -0.15) is 0 Å². The van der Waals surface area contributed by atoms with Crippen molar-refractivity contribution in [2.75, 3.05) is 18.2 Å². The van der Waals surface area contributed by atoms with E-state index in [0.717, 1.165) is 23.9 Å². The quantitative estimate of drug-likeness (QED) is 0.257. The van der Waals surface area contributed by atoms with Crippen molar-refractivity contribution in [1.82, 2.24) is 14.8 Å². The van der Waals surface area contributed by atoms with Gasteiger partial charge in [-0.25, -0.2) is 13.2 Å². The van der Waals surface area contributed by atoms with E-state index in [1.807, 2.05) is 0 Å². The third-order valence-electron chi connectivity index (χ3n) is 4.42. The molecule has 0 spiro atoms. The van der Waals surface area contributed by atoms with Crippen LogP contribution in [0.1, 0.15) is 18.9 Å². The zero-order chi connectivity index (χ0) is 24.0. The monoisotopic (exact) mass is 478 g/mol. The Morgan fingerprint density at radius 2 is 1.97 bits per heavy atom. The highest BCUT2D eigenvalue weighted by atomic mass is 32.2. The lowest BCUT2D eigenvalue weighted by atomic mass is 10.3. The summed E-state index contributed by atoms with van der Waals surface area (Å²) in [4.78, 5) is 12.2. The van der Waals surface area contributed by atoms with Crippen molar-refractivity contribution in [2.24, 2.45) is 0 Å². The molecule has 0 radical (unpaired) electrons. The number of thioether (sulfide) groups is 1. The standard InChI is InChI=1S/C22H21F3N4O3S/c1-4-10-29-21(13(2)32-15-7-5-6-14(11-15)31-3)27-28-22(29)33-12-18(30)26-17-9-8-16(23)19(24)20(17)25/h4-9,11,13H,1,10,12H2,2-3H3,(H,26,30). The van der Waals surface area contributed by atoms with Crippen molar-refractivity contribution in [1.29, 1.82) is 0 Å². The zero-order valence-corrected chi connectivity index (χ0v) is 18.7. The summed E-state index contributed by atoms with van der Waals surface area (Å²) in [5, 5.41) is 10.9. The number of carbonyl (C=O) groups excluding carboxylic acids is 1. The smallest absolute Gasteiger partial charge is 0.234 e. The maximum absolute atomic E-state index is 13.8. The molecule has 0 saturated carbocycles. The number of nitrogens with one attached hydrogen (secondary N) is 1. The van der Waals surface area contributed by atoms with Gasteiger partial charge in [0, 0.05) is 12.6 Å². The molecule has 11 heteroatoms. The summed E-state index contributed by atoms with van der Waals surface area (Å²) < 4.78 is 53.0. The van der Waals surface area contributed by atoms with Gasteiger partial charge in [0.1, 0.15) is 11.5 Å². The van der Waals surface area contributed by atoms with E-state index < -0.39 is 35.2 Å². The number of hydrogen-bond acceptors (Lipinski definition) is 6. The van der Waals surface area contributed by atoms with E-state index in [1.54, 1.807) is 48.9 Å². The molecule has 0 fully saturated rings. The Kier molecular flexibility index (Phi) is 7.99. The Morgan fingerprint density at radius 1 is 1.21 bits per heavy atom. The average molecular weight is 478 g/mol.